The first-order valence-electron chi connectivity index (χ1n) is 12.5. The molecular weight excluding hydrogens is 444 g/mol. The van der Waals surface area contributed by atoms with Crippen LogP contribution in [0.3, 0.4) is 0 Å². The lowest BCUT2D eigenvalue weighted by Gasteiger charge is -2.43. The molecule has 0 radical (unpaired) electrons. The molecule has 7 nitrogen and oxygen atoms in total. The van der Waals surface area contributed by atoms with Gasteiger partial charge in [0.25, 0.3) is 5.91 Å². The second-order valence-electron chi connectivity index (χ2n) is 9.75. The molecule has 35 heavy (non-hydrogen) atoms. The minimum atomic E-state index is -0.849. The van der Waals surface area contributed by atoms with Crippen LogP contribution in [0.2, 0.25) is 0 Å². The van der Waals surface area contributed by atoms with Crippen molar-refractivity contribution in [3.63, 3.8) is 0 Å². The number of furan rings is 1. The number of hydrogen-bond donors (Lipinski definition) is 2. The number of anilines is 1. The standard InChI is InChI=1S/C28H34N2O5/c1-33-24-11-9-21(18-25(24)34-2)29-27(31)26-17-19-16-20(8-10-23(19)35-26)28(32)12-14-30(15-13-28)22-6-4-3-5-7-22/h8-11,16-18,22,32H,3-7,12-15H2,1-2H3,(H,29,31). The maximum absolute atomic E-state index is 12.8. The van der Waals surface area contributed by atoms with E-state index in [1.807, 2.05) is 18.2 Å². The Labute approximate surface area is 206 Å². The fourth-order valence-electron chi connectivity index (χ4n) is 5.55. The number of rotatable bonds is 6. The van der Waals surface area contributed by atoms with Gasteiger partial charge in [0.15, 0.2) is 17.3 Å². The topological polar surface area (TPSA) is 84.2 Å². The van der Waals surface area contributed by atoms with E-state index < -0.39 is 5.60 Å². The van der Waals surface area contributed by atoms with Crippen LogP contribution >= 0.6 is 0 Å². The summed E-state index contributed by atoms with van der Waals surface area (Å²) in [7, 11) is 3.11. The van der Waals surface area contributed by atoms with Crippen molar-refractivity contribution in [1.29, 1.82) is 0 Å². The molecule has 1 aromatic heterocycles. The molecule has 1 aliphatic heterocycles. The third-order valence-corrected chi connectivity index (χ3v) is 7.64. The number of carbonyl (C=O) groups excluding carboxylic acids is 1. The van der Waals surface area contributed by atoms with Gasteiger partial charge in [0.1, 0.15) is 5.58 Å². The Morgan fingerprint density at radius 1 is 1.00 bits per heavy atom. The monoisotopic (exact) mass is 478 g/mol. The van der Waals surface area contributed by atoms with E-state index in [9.17, 15) is 9.90 Å². The highest BCUT2D eigenvalue weighted by Gasteiger charge is 2.36. The van der Waals surface area contributed by atoms with Crippen molar-refractivity contribution in [3.8, 4) is 11.5 Å². The van der Waals surface area contributed by atoms with E-state index in [0.29, 0.717) is 28.8 Å². The lowest BCUT2D eigenvalue weighted by Crippen LogP contribution is -2.47. The van der Waals surface area contributed by atoms with Crippen LogP contribution in [0.25, 0.3) is 11.0 Å². The van der Waals surface area contributed by atoms with Gasteiger partial charge in [-0.25, -0.2) is 0 Å². The maximum Gasteiger partial charge on any atom is 0.291 e. The number of amides is 1. The van der Waals surface area contributed by atoms with Crippen LogP contribution in [0.5, 0.6) is 11.5 Å². The average molecular weight is 479 g/mol. The van der Waals surface area contributed by atoms with Gasteiger partial charge < -0.3 is 29.2 Å². The number of piperidine rings is 1. The van der Waals surface area contributed by atoms with Crippen molar-refractivity contribution in [2.45, 2.75) is 56.6 Å². The van der Waals surface area contributed by atoms with E-state index in [1.165, 1.54) is 32.1 Å². The number of nitrogens with one attached hydrogen (secondary N) is 1. The maximum atomic E-state index is 12.8. The third kappa shape index (κ3) is 4.88. The zero-order valence-electron chi connectivity index (χ0n) is 20.5. The Morgan fingerprint density at radius 2 is 1.74 bits per heavy atom. The van der Waals surface area contributed by atoms with E-state index >= 15 is 0 Å². The van der Waals surface area contributed by atoms with Gasteiger partial charge in [-0.3, -0.25) is 4.79 Å². The number of hydrogen-bond acceptors (Lipinski definition) is 6. The second kappa shape index (κ2) is 9.91. The van der Waals surface area contributed by atoms with Crippen LogP contribution in [-0.4, -0.2) is 49.3 Å². The Kier molecular flexibility index (Phi) is 6.71. The summed E-state index contributed by atoms with van der Waals surface area (Å²) in [6, 6.07) is 13.3. The average Bonchev–Trinajstić information content (AvgIpc) is 3.33. The van der Waals surface area contributed by atoms with Crippen LogP contribution in [0.4, 0.5) is 5.69 Å². The van der Waals surface area contributed by atoms with Crippen LogP contribution in [-0.2, 0) is 5.60 Å². The molecule has 0 bridgehead atoms. The molecule has 2 aliphatic rings. The zero-order chi connectivity index (χ0) is 24.4. The number of nitrogens with zero attached hydrogens (tertiary/aromatic N) is 1. The van der Waals surface area contributed by atoms with E-state index in [2.05, 4.69) is 10.2 Å². The SMILES string of the molecule is COc1ccc(NC(=O)c2cc3cc(C4(O)CCN(C5CCCCC5)CC4)ccc3o2)cc1OC. The number of carbonyl (C=O) groups is 1. The van der Waals surface area contributed by atoms with Crippen LogP contribution in [0.1, 0.15) is 61.1 Å². The molecule has 1 saturated carbocycles. The Bertz CT molecular complexity index is 1190. The van der Waals surface area contributed by atoms with Crippen LogP contribution in [0.15, 0.2) is 46.9 Å². The van der Waals surface area contributed by atoms with Crippen LogP contribution < -0.4 is 14.8 Å². The molecule has 3 aromatic rings. The third-order valence-electron chi connectivity index (χ3n) is 7.64. The molecule has 0 spiro atoms. The van der Waals surface area contributed by atoms with Gasteiger partial charge in [-0.05, 0) is 61.6 Å². The van der Waals surface area contributed by atoms with E-state index in [-0.39, 0.29) is 11.7 Å². The van der Waals surface area contributed by atoms with E-state index in [1.54, 1.807) is 38.5 Å². The number of ether oxygens (including phenoxy) is 2. The summed E-state index contributed by atoms with van der Waals surface area (Å²) in [5.41, 5.74) is 1.24. The largest absolute Gasteiger partial charge is 0.493 e. The van der Waals surface area contributed by atoms with Gasteiger partial charge >= 0.3 is 0 Å². The van der Waals surface area contributed by atoms with E-state index in [4.69, 9.17) is 13.9 Å². The second-order valence-corrected chi connectivity index (χ2v) is 9.75. The molecule has 0 unspecified atom stereocenters. The first kappa shape index (κ1) is 23.7. The lowest BCUT2D eigenvalue weighted by atomic mass is 9.82. The number of likely N-dealkylation sites (tertiary alicyclic amines) is 1. The van der Waals surface area contributed by atoms with E-state index in [0.717, 1.165) is 36.9 Å². The summed E-state index contributed by atoms with van der Waals surface area (Å²) >= 11 is 0. The molecule has 2 aromatic carbocycles. The van der Waals surface area contributed by atoms with Crippen molar-refractivity contribution < 1.29 is 23.8 Å². The smallest absolute Gasteiger partial charge is 0.291 e. The predicted octanol–water partition coefficient (Wildman–Crippen LogP) is 5.32. The van der Waals surface area contributed by atoms with Crippen molar-refractivity contribution in [2.75, 3.05) is 32.6 Å². The summed E-state index contributed by atoms with van der Waals surface area (Å²) in [5, 5.41) is 15.1. The number of fused-ring (bicyclic) bond motifs is 1. The zero-order valence-corrected chi connectivity index (χ0v) is 20.5. The highest BCUT2D eigenvalue weighted by atomic mass is 16.5. The van der Waals surface area contributed by atoms with Crippen molar-refractivity contribution in [3.05, 3.63) is 53.8 Å². The molecule has 2 heterocycles. The molecule has 0 atom stereocenters. The fraction of sp³-hybridized carbons (Fsp3) is 0.464. The number of methoxy groups -OCH3 is 2. The van der Waals surface area contributed by atoms with Crippen molar-refractivity contribution in [1.82, 2.24) is 4.90 Å². The Hall–Kier alpha value is -3.03. The summed E-state index contributed by atoms with van der Waals surface area (Å²) in [6.45, 7) is 1.84. The van der Waals surface area contributed by atoms with Gasteiger partial charge in [0.2, 0.25) is 0 Å². The minimum Gasteiger partial charge on any atom is -0.493 e. The first-order chi connectivity index (χ1) is 17.0. The normalized spacial score (nSPS) is 18.9. The lowest BCUT2D eigenvalue weighted by molar-refractivity contribution is -0.0391. The molecule has 2 N–H and O–H groups in total. The first-order valence-corrected chi connectivity index (χ1v) is 12.5. The van der Waals surface area contributed by atoms with Gasteiger partial charge in [-0.15, -0.1) is 0 Å². The predicted molar refractivity (Wildman–Crippen MR) is 135 cm³/mol. The summed E-state index contributed by atoms with van der Waals surface area (Å²) in [5.74, 6) is 0.979. The number of benzene rings is 2. The molecule has 7 heteroatoms. The highest BCUT2D eigenvalue weighted by Crippen LogP contribution is 2.37. The van der Waals surface area contributed by atoms with Gasteiger partial charge in [-0.1, -0.05) is 25.3 Å². The highest BCUT2D eigenvalue weighted by molar-refractivity contribution is 6.04. The Morgan fingerprint density at radius 3 is 2.46 bits per heavy atom. The molecule has 1 saturated heterocycles. The summed E-state index contributed by atoms with van der Waals surface area (Å²) < 4.78 is 16.4. The summed E-state index contributed by atoms with van der Waals surface area (Å²) in [6.07, 6.45) is 8.02. The van der Waals surface area contributed by atoms with Crippen molar-refractivity contribution >= 4 is 22.6 Å². The quantitative estimate of drug-likeness (QED) is 0.499. The number of aliphatic hydroxyl groups is 1. The molecular formula is C28H34N2O5. The fourth-order valence-corrected chi connectivity index (χ4v) is 5.55. The van der Waals surface area contributed by atoms with Crippen LogP contribution in [0, 0.1) is 0 Å². The molecule has 186 valence electrons. The van der Waals surface area contributed by atoms with Gasteiger partial charge in [0, 0.05) is 36.3 Å². The van der Waals surface area contributed by atoms with Crippen molar-refractivity contribution in [2.24, 2.45) is 0 Å². The molecule has 1 aliphatic carbocycles. The minimum absolute atomic E-state index is 0.214. The van der Waals surface area contributed by atoms with Gasteiger partial charge in [-0.2, -0.15) is 0 Å². The Balaban J connectivity index is 1.29. The molecule has 1 amide bonds. The van der Waals surface area contributed by atoms with Gasteiger partial charge in [0.05, 0.1) is 19.8 Å². The molecule has 5 rings (SSSR count). The summed E-state index contributed by atoms with van der Waals surface area (Å²) in [4.78, 5) is 15.4. The molecule has 2 fully saturated rings.